The third kappa shape index (κ3) is 2.39. The van der Waals surface area contributed by atoms with Crippen LogP contribution in [0.15, 0.2) is 36.5 Å². The van der Waals surface area contributed by atoms with Crippen molar-refractivity contribution >= 4 is 11.2 Å². The Hall–Kier alpha value is -2.23. The van der Waals surface area contributed by atoms with E-state index in [9.17, 15) is 4.39 Å². The molecule has 0 bridgehead atoms. The van der Waals surface area contributed by atoms with Gasteiger partial charge in [-0.3, -0.25) is 0 Å². The minimum atomic E-state index is -0.230. The van der Waals surface area contributed by atoms with Crippen LogP contribution in [0.5, 0.6) is 0 Å². The van der Waals surface area contributed by atoms with E-state index in [4.69, 9.17) is 4.98 Å². The van der Waals surface area contributed by atoms with E-state index in [1.165, 1.54) is 38.2 Å². The second-order valence-electron chi connectivity index (χ2n) is 6.03. The molecule has 4 rings (SSSR count). The van der Waals surface area contributed by atoms with Crippen molar-refractivity contribution in [2.45, 2.75) is 38.0 Å². The first-order valence-corrected chi connectivity index (χ1v) is 7.92. The number of rotatable bonds is 2. The molecule has 0 spiro atoms. The molecule has 0 atom stereocenters. The maximum absolute atomic E-state index is 13.9. The summed E-state index contributed by atoms with van der Waals surface area (Å²) in [4.78, 5) is 12.5. The van der Waals surface area contributed by atoms with Crippen molar-refractivity contribution in [2.75, 3.05) is 0 Å². The fourth-order valence-corrected chi connectivity index (χ4v) is 3.33. The number of pyridine rings is 1. The van der Waals surface area contributed by atoms with Crippen molar-refractivity contribution in [3.63, 3.8) is 0 Å². The van der Waals surface area contributed by atoms with Gasteiger partial charge in [-0.15, -0.1) is 0 Å². The molecule has 22 heavy (non-hydrogen) atoms. The van der Waals surface area contributed by atoms with Crippen molar-refractivity contribution in [1.82, 2.24) is 15.0 Å². The van der Waals surface area contributed by atoms with E-state index in [-0.39, 0.29) is 5.82 Å². The Morgan fingerprint density at radius 2 is 1.91 bits per heavy atom. The summed E-state index contributed by atoms with van der Waals surface area (Å²) in [6.45, 7) is 0. The molecule has 1 N–H and O–H groups in total. The highest BCUT2D eigenvalue weighted by molar-refractivity contribution is 5.78. The van der Waals surface area contributed by atoms with Gasteiger partial charge < -0.3 is 4.98 Å². The summed E-state index contributed by atoms with van der Waals surface area (Å²) in [6.07, 6.45) is 7.97. The molecule has 112 valence electrons. The largest absolute Gasteiger partial charge is 0.326 e. The molecule has 3 nitrogen and oxygen atoms in total. The third-order valence-electron chi connectivity index (χ3n) is 4.53. The van der Waals surface area contributed by atoms with Gasteiger partial charge in [0.2, 0.25) is 0 Å². The van der Waals surface area contributed by atoms with Crippen LogP contribution in [-0.2, 0) is 0 Å². The highest BCUT2D eigenvalue weighted by Gasteiger charge is 2.19. The van der Waals surface area contributed by atoms with Crippen LogP contribution in [0.25, 0.3) is 22.3 Å². The smallest absolute Gasteiger partial charge is 0.157 e. The van der Waals surface area contributed by atoms with Crippen LogP contribution >= 0.6 is 0 Å². The van der Waals surface area contributed by atoms with E-state index >= 15 is 0 Å². The van der Waals surface area contributed by atoms with Gasteiger partial charge in [0.1, 0.15) is 17.2 Å². The lowest BCUT2D eigenvalue weighted by Crippen LogP contribution is -2.05. The quantitative estimate of drug-likeness (QED) is 0.737. The van der Waals surface area contributed by atoms with E-state index in [0.29, 0.717) is 11.5 Å². The van der Waals surface area contributed by atoms with Crippen molar-refractivity contribution in [2.24, 2.45) is 0 Å². The Bertz CT molecular complexity index is 803. The van der Waals surface area contributed by atoms with Crippen LogP contribution in [0.1, 0.15) is 43.8 Å². The molecule has 0 amide bonds. The zero-order chi connectivity index (χ0) is 14.9. The van der Waals surface area contributed by atoms with Crippen molar-refractivity contribution < 1.29 is 4.39 Å². The van der Waals surface area contributed by atoms with Gasteiger partial charge in [-0.25, -0.2) is 14.4 Å². The fraction of sp³-hybridized carbons (Fsp3) is 0.333. The molecule has 0 radical (unpaired) electrons. The van der Waals surface area contributed by atoms with Gasteiger partial charge >= 0.3 is 0 Å². The zero-order valence-corrected chi connectivity index (χ0v) is 12.3. The summed E-state index contributed by atoms with van der Waals surface area (Å²) in [6, 6.07) is 8.69. The van der Waals surface area contributed by atoms with Gasteiger partial charge in [0.05, 0.1) is 0 Å². The van der Waals surface area contributed by atoms with Gasteiger partial charge in [-0.2, -0.15) is 0 Å². The van der Waals surface area contributed by atoms with Crippen LogP contribution in [-0.4, -0.2) is 15.0 Å². The number of imidazole rings is 1. The maximum atomic E-state index is 13.9. The van der Waals surface area contributed by atoms with Gasteiger partial charge in [-0.1, -0.05) is 37.5 Å². The normalized spacial score (nSPS) is 16.2. The van der Waals surface area contributed by atoms with E-state index in [1.54, 1.807) is 18.3 Å². The van der Waals surface area contributed by atoms with Crippen LogP contribution in [0.3, 0.4) is 0 Å². The van der Waals surface area contributed by atoms with Crippen molar-refractivity contribution in [3.8, 4) is 11.1 Å². The Labute approximate surface area is 128 Å². The number of benzene rings is 1. The number of hydrogen-bond acceptors (Lipinski definition) is 2. The van der Waals surface area contributed by atoms with Gasteiger partial charge in [0.25, 0.3) is 0 Å². The minimum Gasteiger partial charge on any atom is -0.326 e. The van der Waals surface area contributed by atoms with Gasteiger partial charge in [0, 0.05) is 23.2 Å². The standard InChI is InChI=1S/C18H18FN3/c19-15-9-5-4-8-14(15)13-10-16-18(20-11-13)22-17(21-16)12-6-2-1-3-7-12/h4-5,8-12H,1-3,6-7H2,(H,20,21,22). The van der Waals surface area contributed by atoms with Gasteiger partial charge in [0.15, 0.2) is 5.65 Å². The van der Waals surface area contributed by atoms with Crippen LogP contribution in [0.4, 0.5) is 4.39 Å². The molecule has 3 aromatic rings. The summed E-state index contributed by atoms with van der Waals surface area (Å²) < 4.78 is 13.9. The Morgan fingerprint density at radius 1 is 1.09 bits per heavy atom. The monoisotopic (exact) mass is 295 g/mol. The first kappa shape index (κ1) is 13.4. The van der Waals surface area contributed by atoms with E-state index < -0.39 is 0 Å². The molecule has 1 aromatic carbocycles. The molecular formula is C18H18FN3. The number of nitrogens with zero attached hydrogens (tertiary/aromatic N) is 2. The lowest BCUT2D eigenvalue weighted by Gasteiger charge is -2.18. The first-order valence-electron chi connectivity index (χ1n) is 7.92. The van der Waals surface area contributed by atoms with Crippen molar-refractivity contribution in [3.05, 3.63) is 48.2 Å². The highest BCUT2D eigenvalue weighted by atomic mass is 19.1. The highest BCUT2D eigenvalue weighted by Crippen LogP contribution is 2.32. The Morgan fingerprint density at radius 3 is 2.73 bits per heavy atom. The molecular weight excluding hydrogens is 277 g/mol. The minimum absolute atomic E-state index is 0.230. The van der Waals surface area contributed by atoms with Crippen LogP contribution < -0.4 is 0 Å². The fourth-order valence-electron chi connectivity index (χ4n) is 3.33. The number of H-pyrrole nitrogens is 1. The predicted octanol–water partition coefficient (Wildman–Crippen LogP) is 4.81. The van der Waals surface area contributed by atoms with Gasteiger partial charge in [-0.05, 0) is 25.0 Å². The van der Waals surface area contributed by atoms with E-state index in [2.05, 4.69) is 9.97 Å². The molecule has 0 aliphatic heterocycles. The SMILES string of the molecule is Fc1ccccc1-c1cnc2[nH]c(C3CCCCC3)nc2c1. The molecule has 1 saturated carbocycles. The average Bonchev–Trinajstić information content (AvgIpc) is 2.99. The molecule has 1 aliphatic carbocycles. The second-order valence-corrected chi connectivity index (χ2v) is 6.03. The first-order chi connectivity index (χ1) is 10.8. The molecule has 0 saturated heterocycles. The van der Waals surface area contributed by atoms with E-state index in [0.717, 1.165) is 22.6 Å². The predicted molar refractivity (Wildman–Crippen MR) is 85.1 cm³/mol. The third-order valence-corrected chi connectivity index (χ3v) is 4.53. The summed E-state index contributed by atoms with van der Waals surface area (Å²) in [5.74, 6) is 1.32. The number of hydrogen-bond donors (Lipinski definition) is 1. The molecule has 1 fully saturated rings. The average molecular weight is 295 g/mol. The zero-order valence-electron chi connectivity index (χ0n) is 12.3. The Kier molecular flexibility index (Phi) is 3.37. The Balaban J connectivity index is 1.73. The summed E-state index contributed by atoms with van der Waals surface area (Å²) in [5, 5.41) is 0. The lowest BCUT2D eigenvalue weighted by atomic mass is 9.89. The molecule has 2 aromatic heterocycles. The summed E-state index contributed by atoms with van der Waals surface area (Å²) in [7, 11) is 0. The molecule has 1 aliphatic rings. The number of fused-ring (bicyclic) bond motifs is 1. The molecule has 0 unspecified atom stereocenters. The van der Waals surface area contributed by atoms with Crippen molar-refractivity contribution in [1.29, 1.82) is 0 Å². The van der Waals surface area contributed by atoms with Crippen LogP contribution in [0.2, 0.25) is 0 Å². The lowest BCUT2D eigenvalue weighted by molar-refractivity contribution is 0.431. The second kappa shape index (κ2) is 5.52. The molecule has 2 heterocycles. The topological polar surface area (TPSA) is 41.6 Å². The number of aromatic amines is 1. The molecule has 4 heteroatoms. The maximum Gasteiger partial charge on any atom is 0.157 e. The summed E-state index contributed by atoms with van der Waals surface area (Å²) in [5.41, 5.74) is 2.95. The van der Waals surface area contributed by atoms with E-state index in [1.807, 2.05) is 12.1 Å². The summed E-state index contributed by atoms with van der Waals surface area (Å²) >= 11 is 0. The van der Waals surface area contributed by atoms with Crippen LogP contribution in [0, 0.1) is 5.82 Å². The number of nitrogens with one attached hydrogen (secondary N) is 1. The number of halogens is 1. The number of aromatic nitrogens is 3.